The van der Waals surface area contributed by atoms with Gasteiger partial charge in [0.15, 0.2) is 0 Å². The molecule has 7 heteroatoms. The highest BCUT2D eigenvalue weighted by Crippen LogP contribution is 2.23. The summed E-state index contributed by atoms with van der Waals surface area (Å²) in [7, 11) is 0. The summed E-state index contributed by atoms with van der Waals surface area (Å²) in [5, 5.41) is 3.08. The van der Waals surface area contributed by atoms with Crippen LogP contribution < -0.4 is 11.1 Å². The number of piperidine rings is 2. The lowest BCUT2D eigenvalue weighted by molar-refractivity contribution is -0.134. The van der Waals surface area contributed by atoms with Gasteiger partial charge in [0.25, 0.3) is 0 Å². The van der Waals surface area contributed by atoms with Gasteiger partial charge in [0.05, 0.1) is 0 Å². The molecule has 2 heterocycles. The van der Waals surface area contributed by atoms with Crippen molar-refractivity contribution in [2.75, 3.05) is 31.5 Å². The fraction of sp³-hybridized carbons (Fsp3) is 0.464. The highest BCUT2D eigenvalue weighted by molar-refractivity contribution is 5.92. The molecule has 2 aliphatic rings. The maximum Gasteiger partial charge on any atom is 0.227 e. The third kappa shape index (κ3) is 7.15. The first-order valence-corrected chi connectivity index (χ1v) is 12.7. The highest BCUT2D eigenvalue weighted by atomic mass is 16.2. The molecule has 3 N–H and O–H groups in total. The number of hydrogen-bond donors (Lipinski definition) is 2. The number of primary amides is 1. The van der Waals surface area contributed by atoms with E-state index in [0.717, 1.165) is 50.1 Å². The van der Waals surface area contributed by atoms with Crippen molar-refractivity contribution in [3.63, 3.8) is 0 Å². The number of carbonyl (C=O) groups is 3. The van der Waals surface area contributed by atoms with Crippen molar-refractivity contribution in [2.24, 2.45) is 17.6 Å². The van der Waals surface area contributed by atoms with Gasteiger partial charge in [-0.3, -0.25) is 19.3 Å². The van der Waals surface area contributed by atoms with Crippen molar-refractivity contribution in [2.45, 2.75) is 45.1 Å². The predicted molar refractivity (Wildman–Crippen MR) is 136 cm³/mol. The normalized spacial score (nSPS) is 17.8. The second-order valence-corrected chi connectivity index (χ2v) is 9.78. The number of hydrogen-bond acceptors (Lipinski definition) is 4. The third-order valence-electron chi connectivity index (χ3n) is 7.28. The summed E-state index contributed by atoms with van der Waals surface area (Å²) >= 11 is 0. The molecule has 0 bridgehead atoms. The summed E-state index contributed by atoms with van der Waals surface area (Å²) in [6.07, 6.45) is 4.25. The number of nitrogens with zero attached hydrogens (tertiary/aromatic N) is 2. The van der Waals surface area contributed by atoms with Crippen LogP contribution in [0.25, 0.3) is 0 Å². The molecule has 35 heavy (non-hydrogen) atoms. The van der Waals surface area contributed by atoms with Gasteiger partial charge in [-0.15, -0.1) is 0 Å². The van der Waals surface area contributed by atoms with Crippen LogP contribution in [0.15, 0.2) is 54.6 Å². The first-order chi connectivity index (χ1) is 17.0. The smallest absolute Gasteiger partial charge is 0.227 e. The fourth-order valence-corrected chi connectivity index (χ4v) is 5.07. The Morgan fingerprint density at radius 2 is 1.49 bits per heavy atom. The molecule has 0 unspecified atom stereocenters. The Morgan fingerprint density at radius 1 is 0.829 bits per heavy atom. The molecule has 2 fully saturated rings. The van der Waals surface area contributed by atoms with Crippen molar-refractivity contribution in [3.8, 4) is 0 Å². The molecule has 4 rings (SSSR count). The number of benzene rings is 2. The Morgan fingerprint density at radius 3 is 2.17 bits per heavy atom. The molecule has 7 nitrogen and oxygen atoms in total. The molecule has 0 atom stereocenters. The lowest BCUT2D eigenvalue weighted by atomic mass is 9.95. The topological polar surface area (TPSA) is 95.7 Å². The molecule has 0 aromatic heterocycles. The Labute approximate surface area is 207 Å². The maximum atomic E-state index is 12.9. The molecule has 0 radical (unpaired) electrons. The van der Waals surface area contributed by atoms with Gasteiger partial charge in [-0.1, -0.05) is 42.5 Å². The van der Waals surface area contributed by atoms with E-state index >= 15 is 0 Å². The summed E-state index contributed by atoms with van der Waals surface area (Å²) in [6, 6.07) is 18.0. The van der Waals surface area contributed by atoms with Crippen LogP contribution in [0.5, 0.6) is 0 Å². The average Bonchev–Trinajstić information content (AvgIpc) is 2.88. The molecule has 0 spiro atoms. The molecule has 2 aliphatic heterocycles. The van der Waals surface area contributed by atoms with Crippen LogP contribution in [-0.2, 0) is 27.3 Å². The quantitative estimate of drug-likeness (QED) is 0.612. The molecule has 0 saturated carbocycles. The minimum atomic E-state index is -0.197. The third-order valence-corrected chi connectivity index (χ3v) is 7.28. The largest absolute Gasteiger partial charge is 0.369 e. The molecule has 2 aromatic rings. The van der Waals surface area contributed by atoms with E-state index in [-0.39, 0.29) is 29.6 Å². The zero-order valence-corrected chi connectivity index (χ0v) is 20.3. The van der Waals surface area contributed by atoms with Gasteiger partial charge in [-0.25, -0.2) is 0 Å². The van der Waals surface area contributed by atoms with Gasteiger partial charge in [0.1, 0.15) is 0 Å². The van der Waals surface area contributed by atoms with E-state index < -0.39 is 0 Å². The van der Waals surface area contributed by atoms with Gasteiger partial charge in [0.2, 0.25) is 17.7 Å². The van der Waals surface area contributed by atoms with Crippen LogP contribution in [0.1, 0.15) is 43.2 Å². The van der Waals surface area contributed by atoms with Crippen molar-refractivity contribution in [1.29, 1.82) is 0 Å². The molecule has 186 valence electrons. The predicted octanol–water partition coefficient (Wildman–Crippen LogP) is 3.19. The molecule has 3 amide bonds. The minimum Gasteiger partial charge on any atom is -0.369 e. The van der Waals surface area contributed by atoms with Gasteiger partial charge >= 0.3 is 0 Å². The lowest BCUT2D eigenvalue weighted by Crippen LogP contribution is -2.41. The SMILES string of the molecule is NC(=O)C1CCN(Cc2cccc(NC(=O)C3CCN(C(=O)CCc4ccccc4)CC3)c2)CC1. The second-order valence-electron chi connectivity index (χ2n) is 9.78. The van der Waals surface area contributed by atoms with Gasteiger partial charge < -0.3 is 16.0 Å². The van der Waals surface area contributed by atoms with E-state index in [9.17, 15) is 14.4 Å². The number of nitrogens with two attached hydrogens (primary N) is 1. The zero-order chi connectivity index (χ0) is 24.6. The van der Waals surface area contributed by atoms with E-state index in [0.29, 0.717) is 32.4 Å². The van der Waals surface area contributed by atoms with Gasteiger partial charge in [-0.2, -0.15) is 0 Å². The number of amides is 3. The van der Waals surface area contributed by atoms with E-state index in [1.165, 1.54) is 5.56 Å². The van der Waals surface area contributed by atoms with Crippen molar-refractivity contribution >= 4 is 23.4 Å². The van der Waals surface area contributed by atoms with Crippen molar-refractivity contribution < 1.29 is 14.4 Å². The van der Waals surface area contributed by atoms with Crippen LogP contribution in [0.2, 0.25) is 0 Å². The van der Waals surface area contributed by atoms with E-state index in [4.69, 9.17) is 5.73 Å². The Hall–Kier alpha value is -3.19. The number of nitrogens with one attached hydrogen (secondary N) is 1. The Balaban J connectivity index is 1.21. The summed E-state index contributed by atoms with van der Waals surface area (Å²) in [5.74, 6) is -0.0927. The Bertz CT molecular complexity index is 1010. The van der Waals surface area contributed by atoms with Crippen LogP contribution in [0.3, 0.4) is 0 Å². The lowest BCUT2D eigenvalue weighted by Gasteiger charge is -2.31. The first-order valence-electron chi connectivity index (χ1n) is 12.7. The van der Waals surface area contributed by atoms with Crippen LogP contribution in [0, 0.1) is 11.8 Å². The average molecular weight is 477 g/mol. The van der Waals surface area contributed by atoms with Crippen LogP contribution in [0.4, 0.5) is 5.69 Å². The number of anilines is 1. The summed E-state index contributed by atoms with van der Waals surface area (Å²) in [6.45, 7) is 3.76. The van der Waals surface area contributed by atoms with Crippen LogP contribution >= 0.6 is 0 Å². The van der Waals surface area contributed by atoms with E-state index in [1.54, 1.807) is 0 Å². The molecule has 2 saturated heterocycles. The number of rotatable bonds is 8. The van der Waals surface area contributed by atoms with E-state index in [1.807, 2.05) is 53.4 Å². The maximum absolute atomic E-state index is 12.9. The molecule has 2 aromatic carbocycles. The van der Waals surface area contributed by atoms with E-state index in [2.05, 4.69) is 16.3 Å². The van der Waals surface area contributed by atoms with Crippen molar-refractivity contribution in [1.82, 2.24) is 9.80 Å². The fourth-order valence-electron chi connectivity index (χ4n) is 5.07. The van der Waals surface area contributed by atoms with Gasteiger partial charge in [-0.05, 0) is 68.5 Å². The number of aryl methyl sites for hydroxylation is 1. The first kappa shape index (κ1) is 24.9. The zero-order valence-electron chi connectivity index (χ0n) is 20.3. The standard InChI is InChI=1S/C28H36N4O3/c29-27(34)23-11-15-31(16-12-23)20-22-7-4-8-25(19-22)30-28(35)24-13-17-32(18-14-24)26(33)10-9-21-5-2-1-3-6-21/h1-8,19,23-24H,9-18,20H2,(H2,29,34)(H,30,35). The van der Waals surface area contributed by atoms with Crippen molar-refractivity contribution in [3.05, 3.63) is 65.7 Å². The highest BCUT2D eigenvalue weighted by Gasteiger charge is 2.27. The monoisotopic (exact) mass is 476 g/mol. The number of carbonyl (C=O) groups excluding carboxylic acids is 3. The Kier molecular flexibility index (Phi) is 8.53. The van der Waals surface area contributed by atoms with Gasteiger partial charge in [0, 0.05) is 43.6 Å². The molecular formula is C28H36N4O3. The number of likely N-dealkylation sites (tertiary alicyclic amines) is 2. The summed E-state index contributed by atoms with van der Waals surface area (Å²) in [4.78, 5) is 41.1. The summed E-state index contributed by atoms with van der Waals surface area (Å²) in [5.41, 5.74) is 8.55. The second kappa shape index (κ2) is 12.0. The molecular weight excluding hydrogens is 440 g/mol. The molecule has 0 aliphatic carbocycles. The van der Waals surface area contributed by atoms with Crippen LogP contribution in [-0.4, -0.2) is 53.7 Å². The minimum absolute atomic E-state index is 0.0116. The summed E-state index contributed by atoms with van der Waals surface area (Å²) < 4.78 is 0.